The van der Waals surface area contributed by atoms with E-state index in [0.717, 1.165) is 24.4 Å². The van der Waals surface area contributed by atoms with E-state index in [4.69, 9.17) is 4.74 Å². The maximum absolute atomic E-state index is 6.21. The topological polar surface area (TPSA) is 9.23 Å². The molecule has 0 radical (unpaired) electrons. The number of benzene rings is 1. The van der Waals surface area contributed by atoms with Gasteiger partial charge in [0.05, 0.1) is 12.7 Å². The van der Waals surface area contributed by atoms with Crippen LogP contribution in [-0.4, -0.2) is 6.10 Å². The maximum Gasteiger partial charge on any atom is 0.0720 e. The van der Waals surface area contributed by atoms with Crippen LogP contribution in [0.3, 0.4) is 0 Å². The van der Waals surface area contributed by atoms with Crippen LogP contribution in [-0.2, 0) is 11.3 Å². The third-order valence-electron chi connectivity index (χ3n) is 4.27. The predicted molar refractivity (Wildman–Crippen MR) is 76.4 cm³/mol. The summed E-state index contributed by atoms with van der Waals surface area (Å²) in [4.78, 5) is 0. The van der Waals surface area contributed by atoms with Gasteiger partial charge < -0.3 is 4.74 Å². The van der Waals surface area contributed by atoms with Crippen LogP contribution in [0.25, 0.3) is 0 Å². The Bertz CT molecular complexity index is 344. The molecule has 1 heteroatoms. The van der Waals surface area contributed by atoms with Gasteiger partial charge in [-0.2, -0.15) is 0 Å². The Morgan fingerprint density at radius 2 is 1.89 bits per heavy atom. The zero-order chi connectivity index (χ0) is 13.0. The first-order valence-electron chi connectivity index (χ1n) is 7.32. The van der Waals surface area contributed by atoms with E-state index < -0.39 is 0 Å². The van der Waals surface area contributed by atoms with Gasteiger partial charge in [-0.15, -0.1) is 0 Å². The Morgan fingerprint density at radius 1 is 1.17 bits per heavy atom. The highest BCUT2D eigenvalue weighted by Crippen LogP contribution is 2.35. The molecule has 1 nitrogen and oxygen atoms in total. The molecule has 0 amide bonds. The molecule has 0 aromatic heterocycles. The Labute approximate surface area is 112 Å². The first-order chi connectivity index (χ1) is 8.66. The zero-order valence-corrected chi connectivity index (χ0v) is 11.9. The fourth-order valence-corrected chi connectivity index (χ4v) is 3.08. The summed E-state index contributed by atoms with van der Waals surface area (Å²) in [5.74, 6) is 2.30. The average molecular weight is 246 g/mol. The van der Waals surface area contributed by atoms with E-state index in [0.29, 0.717) is 6.10 Å². The van der Waals surface area contributed by atoms with Crippen molar-refractivity contribution in [1.29, 1.82) is 0 Å². The minimum atomic E-state index is 0.453. The van der Waals surface area contributed by atoms with E-state index in [1.165, 1.54) is 24.8 Å². The highest BCUT2D eigenvalue weighted by atomic mass is 16.5. The predicted octanol–water partition coefficient (Wildman–Crippen LogP) is 4.66. The van der Waals surface area contributed by atoms with E-state index in [2.05, 4.69) is 51.1 Å². The molecule has 0 aliphatic heterocycles. The molecule has 2 rings (SSSR count). The molecule has 0 bridgehead atoms. The van der Waals surface area contributed by atoms with E-state index in [1.807, 2.05) is 0 Å². The minimum absolute atomic E-state index is 0.453. The summed E-state index contributed by atoms with van der Waals surface area (Å²) in [7, 11) is 0. The second-order valence-electron chi connectivity index (χ2n) is 6.16. The molecular weight excluding hydrogens is 220 g/mol. The van der Waals surface area contributed by atoms with E-state index >= 15 is 0 Å². The molecule has 1 fully saturated rings. The quantitative estimate of drug-likeness (QED) is 0.750. The maximum atomic E-state index is 6.21. The van der Waals surface area contributed by atoms with E-state index in [-0.39, 0.29) is 0 Å². The molecule has 1 aliphatic rings. The largest absolute Gasteiger partial charge is 0.373 e. The average Bonchev–Trinajstić information content (AvgIpc) is 2.37. The Morgan fingerprint density at radius 3 is 2.56 bits per heavy atom. The molecule has 1 saturated carbocycles. The number of rotatable bonds is 4. The van der Waals surface area contributed by atoms with Gasteiger partial charge in [0, 0.05) is 0 Å². The standard InChI is InChI=1S/C17H26O/c1-13(2)16-10-9-14(3)11-17(16)18-12-15-7-5-4-6-8-15/h4-8,13-14,16-17H,9-12H2,1-3H3/t14-,16+,17-/m1/s1. The smallest absolute Gasteiger partial charge is 0.0720 e. The second-order valence-corrected chi connectivity index (χ2v) is 6.16. The van der Waals surface area contributed by atoms with Crippen LogP contribution in [0.4, 0.5) is 0 Å². The highest BCUT2D eigenvalue weighted by Gasteiger charge is 2.31. The van der Waals surface area contributed by atoms with Crippen LogP contribution in [0, 0.1) is 17.8 Å². The Balaban J connectivity index is 1.92. The summed E-state index contributed by atoms with van der Waals surface area (Å²) in [5, 5.41) is 0. The molecule has 0 unspecified atom stereocenters. The SMILES string of the molecule is CC(C)[C@@H]1CC[C@@H](C)C[C@H]1OCc1ccccc1. The lowest BCUT2D eigenvalue weighted by Crippen LogP contribution is -2.34. The normalized spacial score (nSPS) is 28.6. The summed E-state index contributed by atoms with van der Waals surface area (Å²) >= 11 is 0. The van der Waals surface area contributed by atoms with Crippen molar-refractivity contribution in [3.8, 4) is 0 Å². The molecule has 0 N–H and O–H groups in total. The van der Waals surface area contributed by atoms with Gasteiger partial charge in [0.1, 0.15) is 0 Å². The molecular formula is C17H26O. The lowest BCUT2D eigenvalue weighted by Gasteiger charge is -2.37. The summed E-state index contributed by atoms with van der Waals surface area (Å²) in [6, 6.07) is 10.5. The van der Waals surface area contributed by atoms with E-state index in [9.17, 15) is 0 Å². The van der Waals surface area contributed by atoms with Crippen LogP contribution < -0.4 is 0 Å². The second kappa shape index (κ2) is 6.38. The first kappa shape index (κ1) is 13.6. The van der Waals surface area contributed by atoms with Crippen molar-refractivity contribution in [2.75, 3.05) is 0 Å². The molecule has 3 atom stereocenters. The molecule has 1 aromatic carbocycles. The summed E-state index contributed by atoms with van der Waals surface area (Å²) in [6.45, 7) is 7.79. The Kier molecular flexibility index (Phi) is 4.82. The third kappa shape index (κ3) is 3.58. The van der Waals surface area contributed by atoms with Crippen molar-refractivity contribution in [3.05, 3.63) is 35.9 Å². The van der Waals surface area contributed by atoms with Crippen molar-refractivity contribution in [3.63, 3.8) is 0 Å². The number of hydrogen-bond acceptors (Lipinski definition) is 1. The van der Waals surface area contributed by atoms with Crippen LogP contribution in [0.2, 0.25) is 0 Å². The van der Waals surface area contributed by atoms with Gasteiger partial charge in [0.2, 0.25) is 0 Å². The van der Waals surface area contributed by atoms with E-state index in [1.54, 1.807) is 0 Å². The summed E-state index contributed by atoms with van der Waals surface area (Å²) < 4.78 is 6.21. The van der Waals surface area contributed by atoms with Crippen LogP contribution >= 0.6 is 0 Å². The Hall–Kier alpha value is -0.820. The molecule has 0 spiro atoms. The monoisotopic (exact) mass is 246 g/mol. The lowest BCUT2D eigenvalue weighted by atomic mass is 9.75. The molecule has 1 aromatic rings. The minimum Gasteiger partial charge on any atom is -0.373 e. The number of hydrogen-bond donors (Lipinski definition) is 0. The summed E-state index contributed by atoms with van der Waals surface area (Å²) in [6.07, 6.45) is 4.39. The van der Waals surface area contributed by atoms with Gasteiger partial charge >= 0.3 is 0 Å². The first-order valence-corrected chi connectivity index (χ1v) is 7.32. The van der Waals surface area contributed by atoms with Gasteiger partial charge in [0.25, 0.3) is 0 Å². The summed E-state index contributed by atoms with van der Waals surface area (Å²) in [5.41, 5.74) is 1.29. The van der Waals surface area contributed by atoms with Crippen molar-refractivity contribution in [1.82, 2.24) is 0 Å². The molecule has 18 heavy (non-hydrogen) atoms. The van der Waals surface area contributed by atoms with Crippen LogP contribution in [0.15, 0.2) is 30.3 Å². The number of ether oxygens (including phenoxy) is 1. The molecule has 0 saturated heterocycles. The van der Waals surface area contributed by atoms with Crippen molar-refractivity contribution in [2.24, 2.45) is 17.8 Å². The fourth-order valence-electron chi connectivity index (χ4n) is 3.08. The van der Waals surface area contributed by atoms with Crippen molar-refractivity contribution < 1.29 is 4.74 Å². The van der Waals surface area contributed by atoms with Gasteiger partial charge in [-0.3, -0.25) is 0 Å². The molecule has 1 aliphatic carbocycles. The van der Waals surface area contributed by atoms with Gasteiger partial charge in [0.15, 0.2) is 0 Å². The zero-order valence-electron chi connectivity index (χ0n) is 11.9. The van der Waals surface area contributed by atoms with Crippen LogP contribution in [0.5, 0.6) is 0 Å². The fraction of sp³-hybridized carbons (Fsp3) is 0.647. The molecule has 0 heterocycles. The third-order valence-corrected chi connectivity index (χ3v) is 4.27. The highest BCUT2D eigenvalue weighted by molar-refractivity contribution is 5.13. The van der Waals surface area contributed by atoms with Gasteiger partial charge in [-0.25, -0.2) is 0 Å². The lowest BCUT2D eigenvalue weighted by molar-refractivity contribution is -0.0472. The molecule has 100 valence electrons. The van der Waals surface area contributed by atoms with Crippen molar-refractivity contribution in [2.45, 2.75) is 52.7 Å². The van der Waals surface area contributed by atoms with Crippen LogP contribution in [0.1, 0.15) is 45.6 Å². The van der Waals surface area contributed by atoms with Gasteiger partial charge in [-0.1, -0.05) is 57.5 Å². The van der Waals surface area contributed by atoms with Crippen molar-refractivity contribution >= 4 is 0 Å². The van der Waals surface area contributed by atoms with Gasteiger partial charge in [-0.05, 0) is 36.2 Å².